The summed E-state index contributed by atoms with van der Waals surface area (Å²) in [5.41, 5.74) is 2.21. The van der Waals surface area contributed by atoms with Crippen molar-refractivity contribution in [1.29, 1.82) is 0 Å². The van der Waals surface area contributed by atoms with E-state index in [9.17, 15) is 5.11 Å². The zero-order chi connectivity index (χ0) is 14.9. The van der Waals surface area contributed by atoms with Crippen LogP contribution < -0.4 is 0 Å². The first kappa shape index (κ1) is 14.3. The number of benzene rings is 1. The van der Waals surface area contributed by atoms with Crippen molar-refractivity contribution < 1.29 is 5.11 Å². The van der Waals surface area contributed by atoms with E-state index in [4.69, 9.17) is 0 Å². The van der Waals surface area contributed by atoms with Crippen LogP contribution in [0.3, 0.4) is 0 Å². The maximum Gasteiger partial charge on any atom is 0.0692 e. The normalized spacial score (nSPS) is 19.2. The third kappa shape index (κ3) is 2.75. The minimum absolute atomic E-state index is 0.0403. The number of rotatable bonds is 6. The summed E-state index contributed by atoms with van der Waals surface area (Å²) in [6.45, 7) is 4.33. The maximum atomic E-state index is 10.7. The maximum absolute atomic E-state index is 10.7. The quantitative estimate of drug-likeness (QED) is 0.881. The molecule has 1 fully saturated rings. The van der Waals surface area contributed by atoms with Gasteiger partial charge in [-0.2, -0.15) is 5.10 Å². The van der Waals surface area contributed by atoms with Crippen LogP contribution in [0.1, 0.15) is 50.4 Å². The first-order valence-electron chi connectivity index (χ1n) is 7.93. The van der Waals surface area contributed by atoms with Crippen LogP contribution in [-0.2, 0) is 11.8 Å². The molecule has 0 saturated heterocycles. The predicted octanol–water partition coefficient (Wildman–Crippen LogP) is 3.49. The summed E-state index contributed by atoms with van der Waals surface area (Å²) in [4.78, 5) is 0. The number of aliphatic hydroxyl groups is 1. The molecule has 2 atom stereocenters. The fourth-order valence-electron chi connectivity index (χ4n) is 3.03. The van der Waals surface area contributed by atoms with Crippen molar-refractivity contribution in [1.82, 2.24) is 9.78 Å². The van der Waals surface area contributed by atoms with Crippen molar-refractivity contribution >= 4 is 0 Å². The van der Waals surface area contributed by atoms with Crippen molar-refractivity contribution in [2.45, 2.75) is 57.1 Å². The van der Waals surface area contributed by atoms with Gasteiger partial charge in [0.25, 0.3) is 0 Å². The van der Waals surface area contributed by atoms with Crippen LogP contribution in [0.25, 0.3) is 0 Å². The van der Waals surface area contributed by atoms with Gasteiger partial charge in [0, 0.05) is 24.1 Å². The lowest BCUT2D eigenvalue weighted by Crippen LogP contribution is -2.28. The highest BCUT2D eigenvalue weighted by Gasteiger charge is 2.50. The molecule has 0 radical (unpaired) electrons. The molecule has 0 spiro atoms. The molecule has 1 aromatic carbocycles. The average molecular weight is 284 g/mol. The Hall–Kier alpha value is -1.61. The average Bonchev–Trinajstić information content (AvgIpc) is 3.22. The number of aliphatic hydroxyl groups excluding tert-OH is 1. The molecule has 2 unspecified atom stereocenters. The van der Waals surface area contributed by atoms with Crippen molar-refractivity contribution in [3.63, 3.8) is 0 Å². The zero-order valence-corrected chi connectivity index (χ0v) is 12.9. The molecule has 0 bridgehead atoms. The summed E-state index contributed by atoms with van der Waals surface area (Å²) in [6, 6.07) is 12.9. The fourth-order valence-corrected chi connectivity index (χ4v) is 3.03. The van der Waals surface area contributed by atoms with Crippen LogP contribution >= 0.6 is 0 Å². The number of hydrogen-bond donors (Lipinski definition) is 1. The van der Waals surface area contributed by atoms with Gasteiger partial charge >= 0.3 is 0 Å². The van der Waals surface area contributed by atoms with Crippen LogP contribution in [0.4, 0.5) is 0 Å². The Morgan fingerprint density at radius 1 is 1.24 bits per heavy atom. The minimum atomic E-state index is -0.347. The van der Waals surface area contributed by atoms with Gasteiger partial charge < -0.3 is 5.11 Å². The molecule has 1 saturated carbocycles. The topological polar surface area (TPSA) is 38.0 Å². The SMILES string of the molecule is CCC(C)n1ccc(CC(O)C2(c3ccccc3)CC2)n1. The fraction of sp³-hybridized carbons (Fsp3) is 0.500. The van der Waals surface area contributed by atoms with Gasteiger partial charge in [-0.05, 0) is 37.8 Å². The number of aromatic nitrogens is 2. The van der Waals surface area contributed by atoms with Crippen molar-refractivity contribution in [2.75, 3.05) is 0 Å². The van der Waals surface area contributed by atoms with Gasteiger partial charge in [0.05, 0.1) is 11.8 Å². The highest BCUT2D eigenvalue weighted by Crippen LogP contribution is 2.51. The molecule has 112 valence electrons. The third-order valence-electron chi connectivity index (χ3n) is 4.88. The summed E-state index contributed by atoms with van der Waals surface area (Å²) in [5, 5.41) is 15.3. The minimum Gasteiger partial charge on any atom is -0.392 e. The molecule has 0 amide bonds. The van der Waals surface area contributed by atoms with Gasteiger partial charge in [-0.25, -0.2) is 0 Å². The van der Waals surface area contributed by atoms with E-state index in [2.05, 4.69) is 43.2 Å². The number of hydrogen-bond acceptors (Lipinski definition) is 2. The van der Waals surface area contributed by atoms with Crippen LogP contribution in [-0.4, -0.2) is 21.0 Å². The van der Waals surface area contributed by atoms with Gasteiger partial charge in [-0.3, -0.25) is 4.68 Å². The second kappa shape index (κ2) is 5.64. The largest absolute Gasteiger partial charge is 0.392 e. The highest BCUT2D eigenvalue weighted by molar-refractivity contribution is 5.33. The summed E-state index contributed by atoms with van der Waals surface area (Å²) in [6.07, 6.45) is 5.53. The second-order valence-corrected chi connectivity index (χ2v) is 6.29. The lowest BCUT2D eigenvalue weighted by Gasteiger charge is -2.22. The van der Waals surface area contributed by atoms with Crippen molar-refractivity contribution in [2.24, 2.45) is 0 Å². The van der Waals surface area contributed by atoms with Gasteiger partial charge in [0.2, 0.25) is 0 Å². The van der Waals surface area contributed by atoms with E-state index >= 15 is 0 Å². The van der Waals surface area contributed by atoms with E-state index in [1.807, 2.05) is 23.0 Å². The van der Waals surface area contributed by atoms with Crippen LogP contribution in [0, 0.1) is 0 Å². The smallest absolute Gasteiger partial charge is 0.0692 e. The molecule has 3 rings (SSSR count). The van der Waals surface area contributed by atoms with Gasteiger partial charge in [0.1, 0.15) is 0 Å². The molecule has 0 aliphatic heterocycles. The summed E-state index contributed by atoms with van der Waals surface area (Å²) >= 11 is 0. The lowest BCUT2D eigenvalue weighted by atomic mass is 9.87. The van der Waals surface area contributed by atoms with E-state index < -0.39 is 0 Å². The molecule has 1 heterocycles. The molecule has 2 aromatic rings. The van der Waals surface area contributed by atoms with E-state index in [0.29, 0.717) is 12.5 Å². The molecule has 3 nitrogen and oxygen atoms in total. The van der Waals surface area contributed by atoms with E-state index in [-0.39, 0.29) is 11.5 Å². The molecule has 3 heteroatoms. The lowest BCUT2D eigenvalue weighted by molar-refractivity contribution is 0.130. The molecule has 1 aromatic heterocycles. The first-order chi connectivity index (χ1) is 10.2. The Balaban J connectivity index is 1.72. The van der Waals surface area contributed by atoms with Crippen molar-refractivity contribution in [3.8, 4) is 0 Å². The van der Waals surface area contributed by atoms with Gasteiger partial charge in [-0.1, -0.05) is 37.3 Å². The molecule has 1 aliphatic carbocycles. The summed E-state index contributed by atoms with van der Waals surface area (Å²) in [7, 11) is 0. The standard InChI is InChI=1S/C18H24N2O/c1-3-14(2)20-12-9-16(19-20)13-17(21)18(10-11-18)15-7-5-4-6-8-15/h4-9,12,14,17,21H,3,10-11,13H2,1-2H3. The van der Waals surface area contributed by atoms with Crippen molar-refractivity contribution in [3.05, 3.63) is 53.9 Å². The van der Waals surface area contributed by atoms with Crippen LogP contribution in [0.2, 0.25) is 0 Å². The molecule has 1 aliphatic rings. The number of nitrogens with zero attached hydrogens (tertiary/aromatic N) is 2. The molecular formula is C18H24N2O. The monoisotopic (exact) mass is 284 g/mol. The third-order valence-corrected chi connectivity index (χ3v) is 4.88. The van der Waals surface area contributed by atoms with Crippen LogP contribution in [0.15, 0.2) is 42.6 Å². The molecule has 1 N–H and O–H groups in total. The summed E-state index contributed by atoms with van der Waals surface area (Å²) in [5.74, 6) is 0. The zero-order valence-electron chi connectivity index (χ0n) is 12.9. The van der Waals surface area contributed by atoms with Gasteiger partial charge in [-0.15, -0.1) is 0 Å². The Kier molecular flexibility index (Phi) is 3.85. The first-order valence-corrected chi connectivity index (χ1v) is 7.93. The van der Waals surface area contributed by atoms with E-state index in [1.54, 1.807) is 0 Å². The molecular weight excluding hydrogens is 260 g/mol. The Morgan fingerprint density at radius 2 is 1.95 bits per heavy atom. The molecule has 21 heavy (non-hydrogen) atoms. The Bertz CT molecular complexity index is 586. The highest BCUT2D eigenvalue weighted by atomic mass is 16.3. The van der Waals surface area contributed by atoms with E-state index in [0.717, 1.165) is 25.0 Å². The second-order valence-electron chi connectivity index (χ2n) is 6.29. The Morgan fingerprint density at radius 3 is 2.57 bits per heavy atom. The Labute approximate surface area is 126 Å². The van der Waals surface area contributed by atoms with E-state index in [1.165, 1.54) is 5.56 Å². The van der Waals surface area contributed by atoms with Gasteiger partial charge in [0.15, 0.2) is 0 Å². The summed E-state index contributed by atoms with van der Waals surface area (Å²) < 4.78 is 2.00. The van der Waals surface area contributed by atoms with Crippen LogP contribution in [0.5, 0.6) is 0 Å². The predicted molar refractivity (Wildman–Crippen MR) is 84.3 cm³/mol.